The van der Waals surface area contributed by atoms with E-state index in [1.807, 2.05) is 48.5 Å². The van der Waals surface area contributed by atoms with E-state index in [1.165, 1.54) is 11.1 Å². The Kier molecular flexibility index (Phi) is 5.85. The molecule has 0 unspecified atom stereocenters. The standard InChI is InChI=1S/C26H24N2O2/c1-29-25-7-3-5-23(17-25)27-21-13-9-19(10-14-21)20-11-15-22(16-12-20)28-24-6-4-8-26(18-24)30-2/h3-18,27-28H,1-2H3. The highest BCUT2D eigenvalue weighted by atomic mass is 16.5. The molecular formula is C26H24N2O2. The molecule has 0 spiro atoms. The minimum Gasteiger partial charge on any atom is -0.497 e. The van der Waals surface area contributed by atoms with Gasteiger partial charge in [-0.15, -0.1) is 0 Å². The average Bonchev–Trinajstić information content (AvgIpc) is 2.80. The molecule has 0 atom stereocenters. The van der Waals surface area contributed by atoms with E-state index in [9.17, 15) is 0 Å². The Labute approximate surface area is 177 Å². The Morgan fingerprint density at radius 2 is 0.867 bits per heavy atom. The van der Waals surface area contributed by atoms with Crippen molar-refractivity contribution in [2.75, 3.05) is 24.9 Å². The van der Waals surface area contributed by atoms with Crippen LogP contribution in [0.5, 0.6) is 11.5 Å². The van der Waals surface area contributed by atoms with Crippen molar-refractivity contribution < 1.29 is 9.47 Å². The maximum Gasteiger partial charge on any atom is 0.120 e. The van der Waals surface area contributed by atoms with Crippen LogP contribution >= 0.6 is 0 Å². The normalized spacial score (nSPS) is 10.3. The number of nitrogens with one attached hydrogen (secondary N) is 2. The fraction of sp³-hybridized carbons (Fsp3) is 0.0769. The summed E-state index contributed by atoms with van der Waals surface area (Å²) in [5, 5.41) is 6.81. The highest BCUT2D eigenvalue weighted by Crippen LogP contribution is 2.27. The number of methoxy groups -OCH3 is 2. The Morgan fingerprint density at radius 3 is 1.23 bits per heavy atom. The monoisotopic (exact) mass is 396 g/mol. The molecule has 0 amide bonds. The van der Waals surface area contributed by atoms with Gasteiger partial charge in [-0.3, -0.25) is 0 Å². The summed E-state index contributed by atoms with van der Waals surface area (Å²) in [6.45, 7) is 0. The van der Waals surface area contributed by atoms with Gasteiger partial charge in [-0.2, -0.15) is 0 Å². The van der Waals surface area contributed by atoms with Gasteiger partial charge in [0.1, 0.15) is 11.5 Å². The molecule has 0 aromatic heterocycles. The van der Waals surface area contributed by atoms with E-state index in [0.29, 0.717) is 0 Å². The van der Waals surface area contributed by atoms with Gasteiger partial charge in [-0.05, 0) is 59.7 Å². The summed E-state index contributed by atoms with van der Waals surface area (Å²) in [4.78, 5) is 0. The second kappa shape index (κ2) is 9.05. The highest BCUT2D eigenvalue weighted by molar-refractivity contribution is 5.71. The average molecular weight is 396 g/mol. The van der Waals surface area contributed by atoms with E-state index >= 15 is 0 Å². The smallest absolute Gasteiger partial charge is 0.120 e. The number of ether oxygens (including phenoxy) is 2. The number of anilines is 4. The molecule has 4 aromatic rings. The Hall–Kier alpha value is -3.92. The van der Waals surface area contributed by atoms with Crippen LogP contribution in [0.1, 0.15) is 0 Å². The molecule has 0 bridgehead atoms. The van der Waals surface area contributed by atoms with Gasteiger partial charge < -0.3 is 20.1 Å². The quantitative estimate of drug-likeness (QED) is 0.358. The van der Waals surface area contributed by atoms with Crippen LogP contribution in [0.2, 0.25) is 0 Å². The first-order chi connectivity index (χ1) is 14.7. The number of hydrogen-bond donors (Lipinski definition) is 2. The van der Waals surface area contributed by atoms with Crippen molar-refractivity contribution in [2.45, 2.75) is 0 Å². The first-order valence-electron chi connectivity index (χ1n) is 9.76. The number of hydrogen-bond acceptors (Lipinski definition) is 4. The van der Waals surface area contributed by atoms with Crippen LogP contribution in [-0.4, -0.2) is 14.2 Å². The molecule has 0 aliphatic rings. The highest BCUT2D eigenvalue weighted by Gasteiger charge is 2.02. The van der Waals surface area contributed by atoms with Gasteiger partial charge in [0.2, 0.25) is 0 Å². The number of rotatable bonds is 7. The summed E-state index contributed by atoms with van der Waals surface area (Å²) in [5.74, 6) is 1.67. The maximum atomic E-state index is 5.28. The second-order valence-corrected chi connectivity index (χ2v) is 6.87. The van der Waals surface area contributed by atoms with Crippen molar-refractivity contribution in [3.8, 4) is 22.6 Å². The van der Waals surface area contributed by atoms with Crippen molar-refractivity contribution in [1.29, 1.82) is 0 Å². The van der Waals surface area contributed by atoms with Gasteiger partial charge in [-0.1, -0.05) is 36.4 Å². The zero-order chi connectivity index (χ0) is 20.8. The second-order valence-electron chi connectivity index (χ2n) is 6.87. The lowest BCUT2D eigenvalue weighted by Crippen LogP contribution is -1.92. The maximum absolute atomic E-state index is 5.28. The molecule has 0 fully saturated rings. The molecule has 150 valence electrons. The topological polar surface area (TPSA) is 42.5 Å². The third-order valence-corrected chi connectivity index (χ3v) is 4.82. The molecule has 30 heavy (non-hydrogen) atoms. The lowest BCUT2D eigenvalue weighted by atomic mass is 10.0. The number of benzene rings is 4. The fourth-order valence-electron chi connectivity index (χ4n) is 3.23. The third-order valence-electron chi connectivity index (χ3n) is 4.82. The minimum atomic E-state index is 0.833. The summed E-state index contributed by atoms with van der Waals surface area (Å²) >= 11 is 0. The summed E-state index contributed by atoms with van der Waals surface area (Å²) < 4.78 is 10.6. The van der Waals surface area contributed by atoms with Gasteiger partial charge in [-0.25, -0.2) is 0 Å². The van der Waals surface area contributed by atoms with Crippen LogP contribution in [-0.2, 0) is 0 Å². The molecule has 0 saturated heterocycles. The molecule has 0 heterocycles. The zero-order valence-electron chi connectivity index (χ0n) is 17.1. The van der Waals surface area contributed by atoms with Crippen LogP contribution in [0.15, 0.2) is 97.1 Å². The lowest BCUT2D eigenvalue weighted by Gasteiger charge is -2.10. The summed E-state index contributed by atoms with van der Waals surface area (Å²) in [6.07, 6.45) is 0. The summed E-state index contributed by atoms with van der Waals surface area (Å²) in [5.41, 5.74) is 6.38. The van der Waals surface area contributed by atoms with E-state index in [4.69, 9.17) is 9.47 Å². The third kappa shape index (κ3) is 4.73. The van der Waals surface area contributed by atoms with Gasteiger partial charge in [0.05, 0.1) is 14.2 Å². The molecule has 4 rings (SSSR count). The zero-order valence-corrected chi connectivity index (χ0v) is 17.1. The molecule has 0 saturated carbocycles. The van der Waals surface area contributed by atoms with Crippen molar-refractivity contribution in [2.24, 2.45) is 0 Å². The van der Waals surface area contributed by atoms with Gasteiger partial charge >= 0.3 is 0 Å². The molecule has 4 aromatic carbocycles. The van der Waals surface area contributed by atoms with Crippen molar-refractivity contribution >= 4 is 22.7 Å². The Balaban J connectivity index is 1.43. The Morgan fingerprint density at radius 1 is 0.467 bits per heavy atom. The summed E-state index contributed by atoms with van der Waals surface area (Å²) in [7, 11) is 3.34. The molecule has 4 nitrogen and oxygen atoms in total. The minimum absolute atomic E-state index is 0.833. The van der Waals surface area contributed by atoms with Crippen LogP contribution in [0.4, 0.5) is 22.7 Å². The molecule has 0 radical (unpaired) electrons. The lowest BCUT2D eigenvalue weighted by molar-refractivity contribution is 0.415. The molecule has 0 aliphatic heterocycles. The molecule has 2 N–H and O–H groups in total. The predicted molar refractivity (Wildman–Crippen MR) is 124 cm³/mol. The van der Waals surface area contributed by atoms with E-state index in [2.05, 4.69) is 59.2 Å². The van der Waals surface area contributed by atoms with E-state index in [-0.39, 0.29) is 0 Å². The first-order valence-corrected chi connectivity index (χ1v) is 9.76. The summed E-state index contributed by atoms with van der Waals surface area (Å²) in [6, 6.07) is 32.6. The largest absolute Gasteiger partial charge is 0.497 e. The SMILES string of the molecule is COc1cccc(Nc2ccc(-c3ccc(Nc4cccc(OC)c4)cc3)cc2)c1. The van der Waals surface area contributed by atoms with Crippen LogP contribution in [0.3, 0.4) is 0 Å². The van der Waals surface area contributed by atoms with Crippen molar-refractivity contribution in [3.05, 3.63) is 97.1 Å². The predicted octanol–water partition coefficient (Wildman–Crippen LogP) is 6.86. The first kappa shape index (κ1) is 19.4. The van der Waals surface area contributed by atoms with Crippen LogP contribution in [0.25, 0.3) is 11.1 Å². The van der Waals surface area contributed by atoms with E-state index in [0.717, 1.165) is 34.2 Å². The van der Waals surface area contributed by atoms with E-state index < -0.39 is 0 Å². The molecule has 0 aliphatic carbocycles. The van der Waals surface area contributed by atoms with Gasteiger partial charge in [0.25, 0.3) is 0 Å². The van der Waals surface area contributed by atoms with E-state index in [1.54, 1.807) is 14.2 Å². The van der Waals surface area contributed by atoms with Crippen molar-refractivity contribution in [3.63, 3.8) is 0 Å². The molecule has 4 heteroatoms. The Bertz CT molecular complexity index is 1020. The molecular weight excluding hydrogens is 372 g/mol. The van der Waals surface area contributed by atoms with Gasteiger partial charge in [0.15, 0.2) is 0 Å². The van der Waals surface area contributed by atoms with Gasteiger partial charge in [0, 0.05) is 34.9 Å². The fourth-order valence-corrected chi connectivity index (χ4v) is 3.23. The van der Waals surface area contributed by atoms with Crippen molar-refractivity contribution in [1.82, 2.24) is 0 Å². The van der Waals surface area contributed by atoms with Crippen LogP contribution in [0, 0.1) is 0 Å². The van der Waals surface area contributed by atoms with Crippen LogP contribution < -0.4 is 20.1 Å².